The van der Waals surface area contributed by atoms with Crippen LogP contribution in [0.2, 0.25) is 0 Å². The van der Waals surface area contributed by atoms with Gasteiger partial charge in [-0.1, -0.05) is 6.07 Å². The van der Waals surface area contributed by atoms with Crippen LogP contribution in [-0.2, 0) is 0 Å². The average molecular weight is 173 g/mol. The van der Waals surface area contributed by atoms with Gasteiger partial charge >= 0.3 is 0 Å². The van der Waals surface area contributed by atoms with E-state index in [4.69, 9.17) is 0 Å². The van der Waals surface area contributed by atoms with Gasteiger partial charge in [-0.15, -0.1) is 0 Å². The van der Waals surface area contributed by atoms with Crippen molar-refractivity contribution in [1.82, 2.24) is 4.98 Å². The summed E-state index contributed by atoms with van der Waals surface area (Å²) in [6.45, 7) is 4.07. The Morgan fingerprint density at radius 1 is 1.15 bits per heavy atom. The molecule has 2 aromatic rings. The number of hydrogen-bond acceptors (Lipinski definition) is 2. The van der Waals surface area contributed by atoms with Crippen LogP contribution in [-0.4, -0.2) is 10.1 Å². The van der Waals surface area contributed by atoms with E-state index in [1.807, 2.05) is 19.9 Å². The zero-order valence-electron chi connectivity index (χ0n) is 7.70. The minimum atomic E-state index is 0.222. The number of aryl methyl sites for hydroxylation is 2. The molecule has 2 rings (SSSR count). The van der Waals surface area contributed by atoms with Crippen LogP contribution in [0, 0.1) is 13.8 Å². The summed E-state index contributed by atoms with van der Waals surface area (Å²) < 4.78 is 0. The van der Waals surface area contributed by atoms with E-state index < -0.39 is 0 Å². The molecule has 0 spiro atoms. The highest BCUT2D eigenvalue weighted by atomic mass is 16.3. The van der Waals surface area contributed by atoms with Gasteiger partial charge in [-0.05, 0) is 37.1 Å². The number of pyridine rings is 1. The highest BCUT2D eigenvalue weighted by Gasteiger charge is 2.00. The molecule has 0 aliphatic heterocycles. The number of aromatic hydroxyl groups is 1. The maximum atomic E-state index is 9.26. The summed E-state index contributed by atoms with van der Waals surface area (Å²) in [5.74, 6) is 0.222. The molecule has 0 unspecified atom stereocenters. The molecule has 1 N–H and O–H groups in total. The van der Waals surface area contributed by atoms with Gasteiger partial charge in [0.2, 0.25) is 0 Å². The van der Waals surface area contributed by atoms with Crippen LogP contribution in [0.3, 0.4) is 0 Å². The number of nitrogens with zero attached hydrogens (tertiary/aromatic N) is 1. The first kappa shape index (κ1) is 8.05. The largest absolute Gasteiger partial charge is 0.506 e. The van der Waals surface area contributed by atoms with Gasteiger partial charge in [-0.25, -0.2) is 0 Å². The smallest absolute Gasteiger partial charge is 0.134 e. The van der Waals surface area contributed by atoms with Crippen LogP contribution in [0.1, 0.15) is 11.1 Å². The molecule has 2 nitrogen and oxygen atoms in total. The molecule has 0 radical (unpaired) electrons. The second-order valence-electron chi connectivity index (χ2n) is 3.34. The maximum absolute atomic E-state index is 9.26. The van der Waals surface area contributed by atoms with E-state index in [1.165, 1.54) is 11.8 Å². The third-order valence-electron chi connectivity index (χ3n) is 2.14. The van der Waals surface area contributed by atoms with Crippen LogP contribution in [0.25, 0.3) is 10.9 Å². The fourth-order valence-corrected chi connectivity index (χ4v) is 1.57. The minimum absolute atomic E-state index is 0.222. The van der Waals surface area contributed by atoms with Crippen molar-refractivity contribution in [2.45, 2.75) is 13.8 Å². The normalized spacial score (nSPS) is 10.6. The molecular formula is C11H11NO. The highest BCUT2D eigenvalue weighted by Crippen LogP contribution is 2.21. The Morgan fingerprint density at radius 2 is 1.92 bits per heavy atom. The van der Waals surface area contributed by atoms with Gasteiger partial charge < -0.3 is 5.11 Å². The van der Waals surface area contributed by atoms with Crippen molar-refractivity contribution in [2.75, 3.05) is 0 Å². The molecule has 0 bridgehead atoms. The molecule has 1 heterocycles. The van der Waals surface area contributed by atoms with Crippen molar-refractivity contribution in [3.63, 3.8) is 0 Å². The lowest BCUT2D eigenvalue weighted by Crippen LogP contribution is -1.84. The van der Waals surface area contributed by atoms with Gasteiger partial charge in [0, 0.05) is 5.39 Å². The van der Waals surface area contributed by atoms with Crippen molar-refractivity contribution in [1.29, 1.82) is 0 Å². The van der Waals surface area contributed by atoms with Gasteiger partial charge in [0.15, 0.2) is 0 Å². The van der Waals surface area contributed by atoms with Crippen molar-refractivity contribution in [3.05, 3.63) is 35.5 Å². The lowest BCUT2D eigenvalue weighted by molar-refractivity contribution is 0.474. The number of aromatic nitrogens is 1. The van der Waals surface area contributed by atoms with Crippen LogP contribution < -0.4 is 0 Å². The van der Waals surface area contributed by atoms with Crippen molar-refractivity contribution in [3.8, 4) is 5.75 Å². The standard InChI is InChI=1S/C11H11NO/c1-7-3-8(2)10-5-9(13)6-12-11(10)4-7/h3-6,13H,1-2H3. The Morgan fingerprint density at radius 3 is 2.69 bits per heavy atom. The van der Waals surface area contributed by atoms with E-state index in [-0.39, 0.29) is 5.75 Å². The number of fused-ring (bicyclic) bond motifs is 1. The zero-order valence-corrected chi connectivity index (χ0v) is 7.70. The highest BCUT2D eigenvalue weighted by molar-refractivity contribution is 5.83. The summed E-state index contributed by atoms with van der Waals surface area (Å²) in [5, 5.41) is 10.3. The fraction of sp³-hybridized carbons (Fsp3) is 0.182. The Bertz CT molecular complexity index is 463. The van der Waals surface area contributed by atoms with Crippen LogP contribution >= 0.6 is 0 Å². The molecule has 0 atom stereocenters. The number of rotatable bonds is 0. The minimum Gasteiger partial charge on any atom is -0.506 e. The molecule has 2 heteroatoms. The number of benzene rings is 1. The first-order valence-corrected chi connectivity index (χ1v) is 4.23. The average Bonchev–Trinajstić information content (AvgIpc) is 2.06. The lowest BCUT2D eigenvalue weighted by Gasteiger charge is -2.03. The molecule has 13 heavy (non-hydrogen) atoms. The summed E-state index contributed by atoms with van der Waals surface area (Å²) in [6.07, 6.45) is 1.47. The quantitative estimate of drug-likeness (QED) is 0.664. The SMILES string of the molecule is Cc1cc(C)c2cc(O)cnc2c1. The summed E-state index contributed by atoms with van der Waals surface area (Å²) >= 11 is 0. The van der Waals surface area contributed by atoms with E-state index in [0.29, 0.717) is 0 Å². The molecule has 0 saturated heterocycles. The van der Waals surface area contributed by atoms with E-state index in [2.05, 4.69) is 11.1 Å². The second-order valence-corrected chi connectivity index (χ2v) is 3.34. The first-order valence-electron chi connectivity index (χ1n) is 4.23. The van der Waals surface area contributed by atoms with Gasteiger partial charge in [-0.2, -0.15) is 0 Å². The summed E-state index contributed by atoms with van der Waals surface area (Å²) in [6, 6.07) is 5.85. The molecule has 0 fully saturated rings. The van der Waals surface area contributed by atoms with Crippen LogP contribution in [0.5, 0.6) is 5.75 Å². The lowest BCUT2D eigenvalue weighted by atomic mass is 10.1. The van der Waals surface area contributed by atoms with Crippen molar-refractivity contribution < 1.29 is 5.11 Å². The maximum Gasteiger partial charge on any atom is 0.134 e. The third kappa shape index (κ3) is 1.35. The Hall–Kier alpha value is -1.57. The van der Waals surface area contributed by atoms with Crippen molar-refractivity contribution >= 4 is 10.9 Å². The summed E-state index contributed by atoms with van der Waals surface area (Å²) in [5.41, 5.74) is 3.29. The molecular weight excluding hydrogens is 162 g/mol. The molecule has 1 aromatic carbocycles. The third-order valence-corrected chi connectivity index (χ3v) is 2.14. The summed E-state index contributed by atoms with van der Waals surface area (Å²) in [4.78, 5) is 4.15. The predicted octanol–water partition coefficient (Wildman–Crippen LogP) is 2.56. The van der Waals surface area contributed by atoms with Gasteiger partial charge in [-0.3, -0.25) is 4.98 Å². The predicted molar refractivity (Wildman–Crippen MR) is 52.9 cm³/mol. The van der Waals surface area contributed by atoms with E-state index >= 15 is 0 Å². The van der Waals surface area contributed by atoms with Gasteiger partial charge in [0.25, 0.3) is 0 Å². The number of hydrogen-bond donors (Lipinski definition) is 1. The molecule has 66 valence electrons. The van der Waals surface area contributed by atoms with Crippen LogP contribution in [0.4, 0.5) is 0 Å². The van der Waals surface area contributed by atoms with Gasteiger partial charge in [0.05, 0.1) is 11.7 Å². The second kappa shape index (κ2) is 2.73. The molecule has 0 amide bonds. The molecule has 1 aromatic heterocycles. The Kier molecular flexibility index (Phi) is 1.69. The zero-order chi connectivity index (χ0) is 9.42. The van der Waals surface area contributed by atoms with Crippen molar-refractivity contribution in [2.24, 2.45) is 0 Å². The first-order chi connectivity index (χ1) is 6.16. The van der Waals surface area contributed by atoms with E-state index in [0.717, 1.165) is 16.5 Å². The Labute approximate surface area is 76.9 Å². The van der Waals surface area contributed by atoms with Crippen LogP contribution in [0.15, 0.2) is 24.4 Å². The van der Waals surface area contributed by atoms with E-state index in [9.17, 15) is 5.11 Å². The van der Waals surface area contributed by atoms with E-state index in [1.54, 1.807) is 6.07 Å². The fourth-order valence-electron chi connectivity index (χ4n) is 1.57. The molecule has 0 aliphatic rings. The topological polar surface area (TPSA) is 33.1 Å². The summed E-state index contributed by atoms with van der Waals surface area (Å²) in [7, 11) is 0. The Balaban J connectivity index is 2.87. The van der Waals surface area contributed by atoms with Gasteiger partial charge in [0.1, 0.15) is 5.75 Å². The monoisotopic (exact) mass is 173 g/mol. The molecule has 0 saturated carbocycles. The molecule has 0 aliphatic carbocycles.